The molecule has 0 saturated carbocycles. The average Bonchev–Trinajstić information content (AvgIpc) is 3.00. The molecule has 0 N–H and O–H groups in total. The third-order valence-corrected chi connectivity index (χ3v) is 7.98. The van der Waals surface area contributed by atoms with Crippen LogP contribution in [0.5, 0.6) is 0 Å². The van der Waals surface area contributed by atoms with Crippen molar-refractivity contribution < 1.29 is 8.42 Å². The Hall–Kier alpha value is 0.01000. The SMILES string of the molecule is CCN1CCCC1CN(CCN(C)C)S(=O)(=O)c1cc(Br)ccc1Br. The molecule has 1 aliphatic rings. The maximum absolute atomic E-state index is 13.3. The number of hydrogen-bond donors (Lipinski definition) is 0. The summed E-state index contributed by atoms with van der Waals surface area (Å²) in [5.74, 6) is 0. The molecule has 0 bridgehead atoms. The summed E-state index contributed by atoms with van der Waals surface area (Å²) < 4.78 is 29.7. The first-order valence-electron chi connectivity index (χ1n) is 8.59. The highest BCUT2D eigenvalue weighted by Gasteiger charge is 2.32. The smallest absolute Gasteiger partial charge is 0.244 e. The zero-order chi connectivity index (χ0) is 18.6. The van der Waals surface area contributed by atoms with Crippen LogP contribution < -0.4 is 0 Å². The van der Waals surface area contributed by atoms with Gasteiger partial charge in [0.05, 0.1) is 4.90 Å². The molecule has 0 aromatic heterocycles. The Morgan fingerprint density at radius 3 is 2.60 bits per heavy atom. The number of benzene rings is 1. The molecular weight excluding hydrogens is 470 g/mol. The number of nitrogens with zero attached hydrogens (tertiary/aromatic N) is 3. The standard InChI is InChI=1S/C17H27Br2N3O2S/c1-4-21-9-5-6-15(21)13-22(11-10-20(2)3)25(23,24)17-12-14(18)7-8-16(17)19/h7-8,12,15H,4-6,9-11,13H2,1-3H3. The zero-order valence-electron chi connectivity index (χ0n) is 15.1. The molecule has 1 fully saturated rings. The summed E-state index contributed by atoms with van der Waals surface area (Å²) in [5.41, 5.74) is 0. The highest BCUT2D eigenvalue weighted by atomic mass is 79.9. The minimum absolute atomic E-state index is 0.299. The third kappa shape index (κ3) is 5.49. The van der Waals surface area contributed by atoms with Crippen LogP contribution in [-0.4, -0.2) is 75.4 Å². The first-order valence-corrected chi connectivity index (χ1v) is 11.6. The van der Waals surface area contributed by atoms with Crippen molar-refractivity contribution >= 4 is 41.9 Å². The van der Waals surface area contributed by atoms with E-state index in [-0.39, 0.29) is 0 Å². The normalized spacial score (nSPS) is 19.2. The summed E-state index contributed by atoms with van der Waals surface area (Å²) >= 11 is 6.79. The largest absolute Gasteiger partial charge is 0.308 e. The fraction of sp³-hybridized carbons (Fsp3) is 0.647. The van der Waals surface area contributed by atoms with Crippen LogP contribution in [0.25, 0.3) is 0 Å². The Bertz CT molecular complexity index is 682. The molecule has 1 aromatic carbocycles. The second-order valence-corrected chi connectivity index (χ2v) is 10.3. The fourth-order valence-corrected chi connectivity index (χ4v) is 6.12. The van der Waals surface area contributed by atoms with Crippen LogP contribution >= 0.6 is 31.9 Å². The first-order chi connectivity index (χ1) is 11.8. The van der Waals surface area contributed by atoms with Crippen molar-refractivity contribution in [1.82, 2.24) is 14.1 Å². The highest BCUT2D eigenvalue weighted by Crippen LogP contribution is 2.29. The monoisotopic (exact) mass is 495 g/mol. The van der Waals surface area contributed by atoms with Crippen LogP contribution in [0.2, 0.25) is 0 Å². The van der Waals surface area contributed by atoms with Gasteiger partial charge in [-0.25, -0.2) is 8.42 Å². The molecule has 1 atom stereocenters. The molecule has 8 heteroatoms. The van der Waals surface area contributed by atoms with Gasteiger partial charge >= 0.3 is 0 Å². The van der Waals surface area contributed by atoms with E-state index in [4.69, 9.17) is 0 Å². The maximum Gasteiger partial charge on any atom is 0.244 e. The average molecular weight is 497 g/mol. The highest BCUT2D eigenvalue weighted by molar-refractivity contribution is 9.11. The minimum atomic E-state index is -3.57. The predicted octanol–water partition coefficient (Wildman–Crippen LogP) is 3.25. The van der Waals surface area contributed by atoms with Crippen LogP contribution in [0.3, 0.4) is 0 Å². The van der Waals surface area contributed by atoms with E-state index in [0.29, 0.717) is 35.0 Å². The molecule has 25 heavy (non-hydrogen) atoms. The number of hydrogen-bond acceptors (Lipinski definition) is 4. The Labute approximate surface area is 168 Å². The molecule has 0 amide bonds. The van der Waals surface area contributed by atoms with Gasteiger partial charge in [-0.05, 0) is 74.2 Å². The molecule has 1 unspecified atom stereocenters. The molecule has 142 valence electrons. The van der Waals surface area contributed by atoms with Crippen molar-refractivity contribution in [1.29, 1.82) is 0 Å². The minimum Gasteiger partial charge on any atom is -0.308 e. The van der Waals surface area contributed by atoms with Gasteiger partial charge in [0.15, 0.2) is 0 Å². The molecule has 1 heterocycles. The van der Waals surface area contributed by atoms with Crippen molar-refractivity contribution in [2.24, 2.45) is 0 Å². The van der Waals surface area contributed by atoms with Gasteiger partial charge in [-0.1, -0.05) is 22.9 Å². The lowest BCUT2D eigenvalue weighted by Gasteiger charge is -2.30. The number of sulfonamides is 1. The molecule has 5 nitrogen and oxygen atoms in total. The Morgan fingerprint density at radius 1 is 1.24 bits per heavy atom. The second-order valence-electron chi connectivity index (χ2n) is 6.67. The van der Waals surface area contributed by atoms with E-state index in [1.54, 1.807) is 16.4 Å². The Kier molecular flexibility index (Phi) is 7.91. The first kappa shape index (κ1) is 21.3. The number of rotatable bonds is 8. The van der Waals surface area contributed by atoms with E-state index in [1.165, 1.54) is 0 Å². The fourth-order valence-electron chi connectivity index (χ4n) is 3.19. The van der Waals surface area contributed by atoms with Gasteiger partial charge < -0.3 is 4.90 Å². The van der Waals surface area contributed by atoms with E-state index < -0.39 is 10.0 Å². The van der Waals surface area contributed by atoms with Gasteiger partial charge in [0, 0.05) is 34.6 Å². The summed E-state index contributed by atoms with van der Waals surface area (Å²) in [4.78, 5) is 4.72. The van der Waals surface area contributed by atoms with Crippen LogP contribution in [0.4, 0.5) is 0 Å². The Balaban J connectivity index is 2.31. The third-order valence-electron chi connectivity index (χ3n) is 4.63. The lowest BCUT2D eigenvalue weighted by Crippen LogP contribution is -2.45. The summed E-state index contributed by atoms with van der Waals surface area (Å²) in [6.07, 6.45) is 2.20. The van der Waals surface area contributed by atoms with Crippen molar-refractivity contribution in [3.8, 4) is 0 Å². The molecule has 1 aromatic rings. The quantitative estimate of drug-likeness (QED) is 0.554. The molecular formula is C17H27Br2N3O2S. The van der Waals surface area contributed by atoms with Crippen molar-refractivity contribution in [3.63, 3.8) is 0 Å². The van der Waals surface area contributed by atoms with Crippen molar-refractivity contribution in [2.75, 3.05) is 46.8 Å². The maximum atomic E-state index is 13.3. The van der Waals surface area contributed by atoms with Crippen LogP contribution in [0.1, 0.15) is 19.8 Å². The lowest BCUT2D eigenvalue weighted by atomic mass is 10.2. The van der Waals surface area contributed by atoms with E-state index >= 15 is 0 Å². The second kappa shape index (κ2) is 9.28. The van der Waals surface area contributed by atoms with Crippen LogP contribution in [0, 0.1) is 0 Å². The number of halogens is 2. The number of likely N-dealkylation sites (tertiary alicyclic amines) is 1. The van der Waals surface area contributed by atoms with Gasteiger partial charge in [-0.15, -0.1) is 0 Å². The van der Waals surface area contributed by atoms with E-state index in [9.17, 15) is 8.42 Å². The van der Waals surface area contributed by atoms with Gasteiger partial charge in [-0.3, -0.25) is 4.90 Å². The Morgan fingerprint density at radius 2 is 1.96 bits per heavy atom. The molecule has 2 rings (SSSR count). The number of likely N-dealkylation sites (N-methyl/N-ethyl adjacent to an activating group) is 2. The summed E-state index contributed by atoms with van der Waals surface area (Å²) in [5, 5.41) is 0. The summed E-state index contributed by atoms with van der Waals surface area (Å²) in [7, 11) is 0.366. The summed E-state index contributed by atoms with van der Waals surface area (Å²) in [6, 6.07) is 5.58. The lowest BCUT2D eigenvalue weighted by molar-refractivity contribution is 0.220. The van der Waals surface area contributed by atoms with Crippen LogP contribution in [-0.2, 0) is 10.0 Å². The van der Waals surface area contributed by atoms with Gasteiger partial charge in [-0.2, -0.15) is 4.31 Å². The van der Waals surface area contributed by atoms with Crippen molar-refractivity contribution in [2.45, 2.75) is 30.7 Å². The van der Waals surface area contributed by atoms with Gasteiger partial charge in [0.1, 0.15) is 0 Å². The van der Waals surface area contributed by atoms with E-state index in [1.807, 2.05) is 25.1 Å². The zero-order valence-corrected chi connectivity index (χ0v) is 19.1. The predicted molar refractivity (Wildman–Crippen MR) is 109 cm³/mol. The van der Waals surface area contributed by atoms with E-state index in [2.05, 4.69) is 43.7 Å². The van der Waals surface area contributed by atoms with Gasteiger partial charge in [0.2, 0.25) is 10.0 Å². The van der Waals surface area contributed by atoms with Crippen LogP contribution in [0.15, 0.2) is 32.0 Å². The molecule has 1 aliphatic heterocycles. The van der Waals surface area contributed by atoms with Crippen molar-refractivity contribution in [3.05, 3.63) is 27.1 Å². The molecule has 0 radical (unpaired) electrons. The molecule has 0 spiro atoms. The topological polar surface area (TPSA) is 43.9 Å². The summed E-state index contributed by atoms with van der Waals surface area (Å²) in [6.45, 7) is 5.90. The van der Waals surface area contributed by atoms with Gasteiger partial charge in [0.25, 0.3) is 0 Å². The van der Waals surface area contributed by atoms with E-state index in [0.717, 1.165) is 30.4 Å². The molecule has 1 saturated heterocycles. The molecule has 0 aliphatic carbocycles.